The summed E-state index contributed by atoms with van der Waals surface area (Å²) in [6.07, 6.45) is 0. The minimum Gasteiger partial charge on any atom is -0.456 e. The molecule has 12 rings (SSSR count). The molecule has 1 aromatic heterocycles. The molecule has 60 heavy (non-hydrogen) atoms. The maximum atomic E-state index is 6.42. The van der Waals surface area contributed by atoms with Gasteiger partial charge in [0.15, 0.2) is 0 Å². The van der Waals surface area contributed by atoms with Crippen LogP contribution in [-0.2, 0) is 10.8 Å². The van der Waals surface area contributed by atoms with Crippen LogP contribution in [0.25, 0.3) is 55.3 Å². The maximum absolute atomic E-state index is 6.42. The molecule has 0 amide bonds. The van der Waals surface area contributed by atoms with E-state index in [1.807, 2.05) is 6.07 Å². The third kappa shape index (κ3) is 4.88. The molecule has 2 nitrogen and oxygen atoms in total. The SMILES string of the molecule is CC1(C)c2ccccc2-c2ccc(N(c3ccc4oc5ccccc5c4c3)c3cc4c(cc3-c3ccccc3)-c3ccccc3C4(c3ccccc3)c3ccccc3)cc21. The van der Waals surface area contributed by atoms with Gasteiger partial charge in [0, 0.05) is 33.1 Å². The molecule has 2 heteroatoms. The summed E-state index contributed by atoms with van der Waals surface area (Å²) in [7, 11) is 0. The van der Waals surface area contributed by atoms with Crippen molar-refractivity contribution in [1.82, 2.24) is 0 Å². The van der Waals surface area contributed by atoms with Gasteiger partial charge in [-0.15, -0.1) is 0 Å². The van der Waals surface area contributed by atoms with Gasteiger partial charge in [0.25, 0.3) is 0 Å². The van der Waals surface area contributed by atoms with Crippen LogP contribution in [0.3, 0.4) is 0 Å². The summed E-state index contributed by atoms with van der Waals surface area (Å²) in [6.45, 7) is 4.73. The van der Waals surface area contributed by atoms with Crippen LogP contribution >= 0.6 is 0 Å². The van der Waals surface area contributed by atoms with Crippen LogP contribution in [0.2, 0.25) is 0 Å². The Hall–Kier alpha value is -7.42. The minimum absolute atomic E-state index is 0.171. The van der Waals surface area contributed by atoms with E-state index in [1.165, 1.54) is 66.8 Å². The number of nitrogens with zero attached hydrogens (tertiary/aromatic N) is 1. The smallest absolute Gasteiger partial charge is 0.135 e. The molecule has 0 fully saturated rings. The number of rotatable bonds is 6. The molecule has 2 aliphatic carbocycles. The average molecular weight is 768 g/mol. The zero-order valence-electron chi connectivity index (χ0n) is 33.6. The van der Waals surface area contributed by atoms with Gasteiger partial charge in [-0.3, -0.25) is 0 Å². The van der Waals surface area contributed by atoms with Crippen molar-refractivity contribution in [2.24, 2.45) is 0 Å². The van der Waals surface area contributed by atoms with E-state index < -0.39 is 5.41 Å². The van der Waals surface area contributed by atoms with Crippen molar-refractivity contribution in [3.63, 3.8) is 0 Å². The molecule has 0 radical (unpaired) electrons. The molecule has 0 aliphatic heterocycles. The number of para-hydroxylation sites is 1. The first kappa shape index (κ1) is 34.6. The highest BCUT2D eigenvalue weighted by molar-refractivity contribution is 6.07. The van der Waals surface area contributed by atoms with Gasteiger partial charge in [0.1, 0.15) is 11.2 Å². The van der Waals surface area contributed by atoms with Gasteiger partial charge >= 0.3 is 0 Å². The standard InChI is InChI=1S/C58H41NO/c1-57(2)50-27-15-12-24-43(50)45-32-30-42(35-52(45)57)59(41-31-33-56-49(34-41)46-26-14-17-29-55(46)60-56)54-37-53-48(36-47(54)38-18-6-3-7-19-38)44-25-13-16-28-51(44)58(53,39-20-8-4-9-21-39)40-22-10-5-11-23-40/h3-37H,1-2H3. The molecule has 0 saturated heterocycles. The van der Waals surface area contributed by atoms with Gasteiger partial charge < -0.3 is 9.32 Å². The fourth-order valence-corrected chi connectivity index (χ4v) is 10.6. The molecule has 0 unspecified atom stereocenters. The van der Waals surface area contributed by atoms with E-state index in [0.29, 0.717) is 0 Å². The van der Waals surface area contributed by atoms with Gasteiger partial charge in [-0.05, 0) is 110 Å². The van der Waals surface area contributed by atoms with Crippen molar-refractivity contribution in [1.29, 1.82) is 0 Å². The predicted octanol–water partition coefficient (Wildman–Crippen LogP) is 15.4. The molecule has 0 N–H and O–H groups in total. The number of fused-ring (bicyclic) bond motifs is 9. The largest absolute Gasteiger partial charge is 0.456 e. The third-order valence-corrected chi connectivity index (χ3v) is 13.3. The number of hydrogen-bond acceptors (Lipinski definition) is 2. The van der Waals surface area contributed by atoms with Crippen molar-refractivity contribution in [2.75, 3.05) is 4.90 Å². The summed E-state index contributed by atoms with van der Waals surface area (Å²) in [5, 5.41) is 2.21. The van der Waals surface area contributed by atoms with Gasteiger partial charge in [-0.25, -0.2) is 0 Å². The third-order valence-electron chi connectivity index (χ3n) is 13.3. The van der Waals surface area contributed by atoms with Gasteiger partial charge in [0.2, 0.25) is 0 Å². The van der Waals surface area contributed by atoms with E-state index in [4.69, 9.17) is 4.42 Å². The summed E-state index contributed by atoms with van der Waals surface area (Å²) in [5.74, 6) is 0. The molecular weight excluding hydrogens is 727 g/mol. The fourth-order valence-electron chi connectivity index (χ4n) is 10.6. The van der Waals surface area contributed by atoms with E-state index in [9.17, 15) is 0 Å². The molecule has 2 aliphatic rings. The molecule has 10 aromatic rings. The lowest BCUT2D eigenvalue weighted by molar-refractivity contribution is 0.660. The number of hydrogen-bond donors (Lipinski definition) is 0. The van der Waals surface area contributed by atoms with E-state index in [1.54, 1.807) is 0 Å². The first-order valence-electron chi connectivity index (χ1n) is 20.9. The van der Waals surface area contributed by atoms with Crippen LogP contribution in [0, 0.1) is 0 Å². The average Bonchev–Trinajstić information content (AvgIpc) is 3.90. The Labute approximate surface area is 350 Å². The minimum atomic E-state index is -0.559. The first-order chi connectivity index (χ1) is 29.5. The summed E-state index contributed by atoms with van der Waals surface area (Å²) in [6, 6.07) is 78.2. The van der Waals surface area contributed by atoms with Crippen molar-refractivity contribution in [2.45, 2.75) is 24.7 Å². The Morgan fingerprint density at radius 2 is 0.917 bits per heavy atom. The topological polar surface area (TPSA) is 16.4 Å². The first-order valence-corrected chi connectivity index (χ1v) is 20.9. The fraction of sp³-hybridized carbons (Fsp3) is 0.0690. The summed E-state index contributed by atoms with van der Waals surface area (Å²) >= 11 is 0. The number of furan rings is 1. The van der Waals surface area contributed by atoms with E-state index >= 15 is 0 Å². The van der Waals surface area contributed by atoms with Crippen LogP contribution in [0.5, 0.6) is 0 Å². The summed E-state index contributed by atoms with van der Waals surface area (Å²) in [5.41, 5.74) is 19.6. The summed E-state index contributed by atoms with van der Waals surface area (Å²) in [4.78, 5) is 2.51. The molecule has 9 aromatic carbocycles. The van der Waals surface area contributed by atoms with E-state index in [2.05, 4.69) is 225 Å². The van der Waals surface area contributed by atoms with Gasteiger partial charge in [-0.2, -0.15) is 0 Å². The predicted molar refractivity (Wildman–Crippen MR) is 249 cm³/mol. The van der Waals surface area contributed by atoms with Crippen molar-refractivity contribution in [3.05, 3.63) is 246 Å². The zero-order valence-corrected chi connectivity index (χ0v) is 33.6. The highest BCUT2D eigenvalue weighted by Crippen LogP contribution is 2.59. The molecule has 0 atom stereocenters. The van der Waals surface area contributed by atoms with E-state index in [-0.39, 0.29) is 5.41 Å². The Kier molecular flexibility index (Phi) is 7.52. The molecule has 1 heterocycles. The second-order valence-electron chi connectivity index (χ2n) is 16.8. The van der Waals surface area contributed by atoms with Crippen molar-refractivity contribution < 1.29 is 4.42 Å². The Morgan fingerprint density at radius 3 is 1.65 bits per heavy atom. The van der Waals surface area contributed by atoms with Crippen molar-refractivity contribution >= 4 is 39.0 Å². The normalized spacial score (nSPS) is 14.1. The molecule has 284 valence electrons. The Bertz CT molecular complexity index is 3250. The van der Waals surface area contributed by atoms with Crippen LogP contribution in [0.4, 0.5) is 17.1 Å². The quantitative estimate of drug-likeness (QED) is 0.168. The number of benzene rings is 9. The van der Waals surface area contributed by atoms with Crippen LogP contribution in [0.1, 0.15) is 47.2 Å². The molecule has 0 bridgehead atoms. The lowest BCUT2D eigenvalue weighted by Gasteiger charge is -2.35. The number of anilines is 3. The second kappa shape index (κ2) is 13.0. The lowest BCUT2D eigenvalue weighted by Crippen LogP contribution is -2.28. The van der Waals surface area contributed by atoms with Crippen LogP contribution in [0.15, 0.2) is 217 Å². The monoisotopic (exact) mass is 767 g/mol. The Balaban J connectivity index is 1.21. The maximum Gasteiger partial charge on any atom is 0.135 e. The lowest BCUT2D eigenvalue weighted by atomic mass is 9.67. The molecular formula is C58H41NO. The second-order valence-corrected chi connectivity index (χ2v) is 16.8. The summed E-state index contributed by atoms with van der Waals surface area (Å²) < 4.78 is 6.42. The van der Waals surface area contributed by atoms with Crippen LogP contribution < -0.4 is 4.90 Å². The zero-order chi connectivity index (χ0) is 40.0. The highest BCUT2D eigenvalue weighted by atomic mass is 16.3. The van der Waals surface area contributed by atoms with Crippen molar-refractivity contribution in [3.8, 4) is 33.4 Å². The highest BCUT2D eigenvalue weighted by Gasteiger charge is 2.47. The van der Waals surface area contributed by atoms with Gasteiger partial charge in [0.05, 0.1) is 11.1 Å². The Morgan fingerprint density at radius 1 is 0.367 bits per heavy atom. The molecule has 0 saturated carbocycles. The van der Waals surface area contributed by atoms with Crippen LogP contribution in [-0.4, -0.2) is 0 Å². The van der Waals surface area contributed by atoms with Gasteiger partial charge in [-0.1, -0.05) is 178 Å². The molecule has 0 spiro atoms. The van der Waals surface area contributed by atoms with E-state index in [0.717, 1.165) is 39.0 Å².